The smallest absolute Gasteiger partial charge is 0.251 e. The lowest BCUT2D eigenvalue weighted by Gasteiger charge is -2.18. The summed E-state index contributed by atoms with van der Waals surface area (Å²) in [5.41, 5.74) is 1.08. The zero-order valence-corrected chi connectivity index (χ0v) is 12.8. The van der Waals surface area contributed by atoms with Crippen LogP contribution in [0.4, 0.5) is 0 Å². The Hall–Kier alpha value is -1.66. The molecule has 0 saturated heterocycles. The topological polar surface area (TPSA) is 89.3 Å². The number of allylic oxidation sites excluding steroid dienone is 2. The fourth-order valence-corrected chi connectivity index (χ4v) is 3.04. The van der Waals surface area contributed by atoms with E-state index in [0.717, 1.165) is 19.3 Å². The molecule has 0 fully saturated rings. The average molecular weight is 308 g/mol. The number of aryl methyl sites for hydroxylation is 1. The normalized spacial score (nSPS) is 18.5. The van der Waals surface area contributed by atoms with E-state index in [1.807, 2.05) is 0 Å². The van der Waals surface area contributed by atoms with Gasteiger partial charge in [0.1, 0.15) is 0 Å². The van der Waals surface area contributed by atoms with Crippen LogP contribution in [-0.4, -0.2) is 20.9 Å². The van der Waals surface area contributed by atoms with Crippen LogP contribution in [-0.2, 0) is 10.0 Å². The van der Waals surface area contributed by atoms with Crippen LogP contribution in [0.3, 0.4) is 0 Å². The highest BCUT2D eigenvalue weighted by Crippen LogP contribution is 2.18. The maximum atomic E-state index is 12.2. The van der Waals surface area contributed by atoms with E-state index < -0.39 is 10.0 Å². The first-order chi connectivity index (χ1) is 9.88. The Morgan fingerprint density at radius 1 is 1.38 bits per heavy atom. The standard InChI is InChI=1S/C15H20N2O3S/c1-11-9-13(21(16,19)20)7-8-14(11)15(18)17-10-12-5-3-2-4-6-12/h2-3,7-9,12H,4-6,10H2,1H3,(H,17,18)(H2,16,19,20). The highest BCUT2D eigenvalue weighted by molar-refractivity contribution is 7.89. The molecule has 0 bridgehead atoms. The molecule has 0 spiro atoms. The number of carbonyl (C=O) groups excluding carboxylic acids is 1. The molecule has 1 aromatic rings. The number of sulfonamides is 1. The first kappa shape index (κ1) is 15.7. The van der Waals surface area contributed by atoms with Gasteiger partial charge in [-0.15, -0.1) is 0 Å². The van der Waals surface area contributed by atoms with Gasteiger partial charge < -0.3 is 5.32 Å². The number of hydrogen-bond acceptors (Lipinski definition) is 3. The lowest BCUT2D eigenvalue weighted by molar-refractivity contribution is 0.0945. The molecule has 1 aliphatic rings. The minimum absolute atomic E-state index is 0.0222. The van der Waals surface area contributed by atoms with Gasteiger partial charge in [-0.05, 0) is 55.9 Å². The highest BCUT2D eigenvalue weighted by atomic mass is 32.2. The van der Waals surface area contributed by atoms with Crippen LogP contribution >= 0.6 is 0 Å². The third-order valence-electron chi connectivity index (χ3n) is 3.70. The van der Waals surface area contributed by atoms with Crippen molar-refractivity contribution in [2.24, 2.45) is 11.1 Å². The van der Waals surface area contributed by atoms with E-state index >= 15 is 0 Å². The Morgan fingerprint density at radius 2 is 2.14 bits per heavy atom. The van der Waals surface area contributed by atoms with Gasteiger partial charge in [0.25, 0.3) is 5.91 Å². The number of carbonyl (C=O) groups is 1. The maximum Gasteiger partial charge on any atom is 0.251 e. The molecule has 1 aromatic carbocycles. The molecule has 3 N–H and O–H groups in total. The van der Waals surface area contributed by atoms with E-state index in [1.54, 1.807) is 6.92 Å². The molecule has 0 saturated carbocycles. The van der Waals surface area contributed by atoms with Crippen molar-refractivity contribution in [3.05, 3.63) is 41.5 Å². The number of benzene rings is 1. The van der Waals surface area contributed by atoms with E-state index in [0.29, 0.717) is 23.6 Å². The zero-order valence-electron chi connectivity index (χ0n) is 12.0. The molecule has 0 radical (unpaired) electrons. The molecule has 1 atom stereocenters. The van der Waals surface area contributed by atoms with Crippen molar-refractivity contribution in [1.82, 2.24) is 5.32 Å². The Kier molecular flexibility index (Phi) is 4.80. The van der Waals surface area contributed by atoms with Crippen molar-refractivity contribution < 1.29 is 13.2 Å². The molecule has 1 unspecified atom stereocenters. The van der Waals surface area contributed by atoms with Crippen LogP contribution in [0.1, 0.15) is 35.2 Å². The van der Waals surface area contributed by atoms with Crippen molar-refractivity contribution >= 4 is 15.9 Å². The molecule has 0 heterocycles. The van der Waals surface area contributed by atoms with Gasteiger partial charge in [0.2, 0.25) is 10.0 Å². The van der Waals surface area contributed by atoms with Gasteiger partial charge in [0, 0.05) is 12.1 Å². The molecule has 1 amide bonds. The molecule has 0 aromatic heterocycles. The Balaban J connectivity index is 2.04. The summed E-state index contributed by atoms with van der Waals surface area (Å²) in [6.07, 6.45) is 7.44. The van der Waals surface area contributed by atoms with Crippen LogP contribution in [0.25, 0.3) is 0 Å². The number of nitrogens with two attached hydrogens (primary N) is 1. The second kappa shape index (κ2) is 6.41. The van der Waals surface area contributed by atoms with Gasteiger partial charge in [0.15, 0.2) is 0 Å². The summed E-state index contributed by atoms with van der Waals surface area (Å²) in [5, 5.41) is 7.99. The van der Waals surface area contributed by atoms with Crippen LogP contribution in [0.5, 0.6) is 0 Å². The van der Waals surface area contributed by atoms with E-state index in [1.165, 1.54) is 18.2 Å². The van der Waals surface area contributed by atoms with Crippen LogP contribution in [0.15, 0.2) is 35.2 Å². The second-order valence-electron chi connectivity index (χ2n) is 5.38. The number of nitrogens with one attached hydrogen (secondary N) is 1. The first-order valence-electron chi connectivity index (χ1n) is 6.94. The third-order valence-corrected chi connectivity index (χ3v) is 4.61. The van der Waals surface area contributed by atoms with Crippen LogP contribution < -0.4 is 10.5 Å². The van der Waals surface area contributed by atoms with Gasteiger partial charge in [0.05, 0.1) is 4.90 Å². The highest BCUT2D eigenvalue weighted by Gasteiger charge is 2.15. The summed E-state index contributed by atoms with van der Waals surface area (Å²) in [6, 6.07) is 4.29. The van der Waals surface area contributed by atoms with Gasteiger partial charge in [-0.2, -0.15) is 0 Å². The van der Waals surface area contributed by atoms with Crippen LogP contribution in [0, 0.1) is 12.8 Å². The Bertz CT molecular complexity index is 665. The zero-order chi connectivity index (χ0) is 15.5. The summed E-state index contributed by atoms with van der Waals surface area (Å²) >= 11 is 0. The average Bonchev–Trinajstić information content (AvgIpc) is 2.45. The van der Waals surface area contributed by atoms with Crippen molar-refractivity contribution in [3.8, 4) is 0 Å². The summed E-state index contributed by atoms with van der Waals surface area (Å²) < 4.78 is 22.5. The third kappa shape index (κ3) is 4.15. The van der Waals surface area contributed by atoms with Gasteiger partial charge in [-0.25, -0.2) is 13.6 Å². The molecular weight excluding hydrogens is 288 g/mol. The molecule has 1 aliphatic carbocycles. The van der Waals surface area contributed by atoms with Crippen LogP contribution in [0.2, 0.25) is 0 Å². The SMILES string of the molecule is Cc1cc(S(N)(=O)=O)ccc1C(=O)NCC1CC=CCC1. The minimum atomic E-state index is -3.74. The number of rotatable bonds is 4. The summed E-state index contributed by atoms with van der Waals surface area (Å²) in [6.45, 7) is 2.34. The second-order valence-corrected chi connectivity index (χ2v) is 6.94. The van der Waals surface area contributed by atoms with E-state index in [-0.39, 0.29) is 10.8 Å². The van der Waals surface area contributed by atoms with Gasteiger partial charge in [-0.3, -0.25) is 4.79 Å². The molecule has 2 rings (SSSR count). The Morgan fingerprint density at radius 3 is 2.71 bits per heavy atom. The van der Waals surface area contributed by atoms with Crippen molar-refractivity contribution in [3.63, 3.8) is 0 Å². The monoisotopic (exact) mass is 308 g/mol. The predicted molar refractivity (Wildman–Crippen MR) is 81.4 cm³/mol. The van der Waals surface area contributed by atoms with Crippen molar-refractivity contribution in [2.45, 2.75) is 31.1 Å². The lowest BCUT2D eigenvalue weighted by Crippen LogP contribution is -2.30. The van der Waals surface area contributed by atoms with E-state index in [2.05, 4.69) is 17.5 Å². The maximum absolute atomic E-state index is 12.2. The molecular formula is C15H20N2O3S. The minimum Gasteiger partial charge on any atom is -0.352 e. The largest absolute Gasteiger partial charge is 0.352 e. The molecule has 0 aliphatic heterocycles. The molecule has 5 nitrogen and oxygen atoms in total. The predicted octanol–water partition coefficient (Wildman–Crippen LogP) is 1.73. The summed E-state index contributed by atoms with van der Waals surface area (Å²) in [4.78, 5) is 12.2. The Labute approximate surface area is 125 Å². The first-order valence-corrected chi connectivity index (χ1v) is 8.49. The van der Waals surface area contributed by atoms with Gasteiger partial charge >= 0.3 is 0 Å². The quantitative estimate of drug-likeness (QED) is 0.830. The fraction of sp³-hybridized carbons (Fsp3) is 0.400. The summed E-state index contributed by atoms with van der Waals surface area (Å²) in [7, 11) is -3.74. The molecule has 6 heteroatoms. The van der Waals surface area contributed by atoms with E-state index in [4.69, 9.17) is 5.14 Å². The fourth-order valence-electron chi connectivity index (χ4n) is 2.44. The number of primary sulfonamides is 1. The lowest BCUT2D eigenvalue weighted by atomic mass is 9.94. The molecule has 114 valence electrons. The number of amides is 1. The van der Waals surface area contributed by atoms with Crippen molar-refractivity contribution in [1.29, 1.82) is 0 Å². The molecule has 21 heavy (non-hydrogen) atoms. The van der Waals surface area contributed by atoms with Crippen molar-refractivity contribution in [2.75, 3.05) is 6.54 Å². The summed E-state index contributed by atoms with van der Waals surface area (Å²) in [5.74, 6) is 0.297. The van der Waals surface area contributed by atoms with Gasteiger partial charge in [-0.1, -0.05) is 12.2 Å². The van der Waals surface area contributed by atoms with E-state index in [9.17, 15) is 13.2 Å². The number of hydrogen-bond donors (Lipinski definition) is 2.